The highest BCUT2D eigenvalue weighted by Crippen LogP contribution is 2.25. The monoisotopic (exact) mass is 698 g/mol. The lowest BCUT2D eigenvalue weighted by Crippen LogP contribution is -2.16. The van der Waals surface area contributed by atoms with E-state index >= 15 is 0 Å². The summed E-state index contributed by atoms with van der Waals surface area (Å²) < 4.78 is 65.2. The molecule has 0 aliphatic heterocycles. The molecule has 0 spiro atoms. The highest BCUT2D eigenvalue weighted by Gasteiger charge is 2.20. The maximum atomic E-state index is 14.8. The topological polar surface area (TPSA) is 88.1 Å². The normalized spacial score (nSPS) is 11.6. The lowest BCUT2D eigenvalue weighted by molar-refractivity contribution is 0.0318. The average Bonchev–Trinajstić information content (AvgIpc) is 3.09. The quantitative estimate of drug-likeness (QED) is 0.0586. The van der Waals surface area contributed by atoms with E-state index in [-0.39, 0.29) is 28.5 Å². The Balaban J connectivity index is 1.48. The molecule has 0 amide bonds. The molecule has 0 N–H and O–H groups in total. The van der Waals surface area contributed by atoms with Gasteiger partial charge < -0.3 is 18.9 Å². The maximum absolute atomic E-state index is 14.8. The number of esters is 3. The van der Waals surface area contributed by atoms with Crippen LogP contribution in [0.25, 0.3) is 0 Å². The molecule has 0 heterocycles. The Labute approximate surface area is 293 Å². The van der Waals surface area contributed by atoms with Gasteiger partial charge in [-0.1, -0.05) is 84.5 Å². The molecule has 0 aromatic heterocycles. The first kappa shape index (κ1) is 40.1. The first-order valence-corrected chi connectivity index (χ1v) is 17.8. The Hall–Kier alpha value is -4.34. The molecule has 1 atom stereocenters. The third-order valence-electron chi connectivity index (χ3n) is 8.19. The van der Waals surface area contributed by atoms with E-state index in [4.69, 9.17) is 18.9 Å². The highest BCUT2D eigenvalue weighted by molar-refractivity contribution is 5.93. The molecule has 3 aromatic carbocycles. The molecule has 0 aliphatic rings. The van der Waals surface area contributed by atoms with E-state index in [1.807, 2.05) is 0 Å². The standard InChI is InChI=1S/C40H49F3O7/c1-4-6-8-10-11-12-13-14-16-24-47-35-21-18-30(25-32(35)41)39(45)49-37-23-20-31(27-34(37)43)40(46)50-36-22-19-29(26-33(36)42)38(44)48-28(3)17-15-9-7-5-2/h18-23,25-28H,4-17,24H2,1-3H3. The summed E-state index contributed by atoms with van der Waals surface area (Å²) in [5.41, 5.74) is -0.498. The number of benzene rings is 3. The van der Waals surface area contributed by atoms with Crippen molar-refractivity contribution in [3.05, 3.63) is 88.7 Å². The van der Waals surface area contributed by atoms with Crippen LogP contribution in [0.1, 0.15) is 142 Å². The molecule has 3 rings (SSSR count). The van der Waals surface area contributed by atoms with Gasteiger partial charge in [-0.15, -0.1) is 0 Å². The first-order chi connectivity index (χ1) is 24.1. The number of carbonyl (C=O) groups excluding carboxylic acids is 3. The van der Waals surface area contributed by atoms with Gasteiger partial charge in [0.1, 0.15) is 0 Å². The van der Waals surface area contributed by atoms with Crippen LogP contribution < -0.4 is 14.2 Å². The van der Waals surface area contributed by atoms with Gasteiger partial charge in [0.15, 0.2) is 34.7 Å². The lowest BCUT2D eigenvalue weighted by atomic mass is 10.1. The molecular weight excluding hydrogens is 649 g/mol. The van der Waals surface area contributed by atoms with Gasteiger partial charge in [-0.05, 0) is 80.8 Å². The van der Waals surface area contributed by atoms with Crippen molar-refractivity contribution in [1.29, 1.82) is 0 Å². The highest BCUT2D eigenvalue weighted by atomic mass is 19.1. The van der Waals surface area contributed by atoms with Crippen molar-refractivity contribution in [2.75, 3.05) is 6.61 Å². The third-order valence-corrected chi connectivity index (χ3v) is 8.19. The second-order valence-corrected chi connectivity index (χ2v) is 12.5. The lowest BCUT2D eigenvalue weighted by Gasteiger charge is -2.13. The van der Waals surface area contributed by atoms with Gasteiger partial charge in [0.2, 0.25) is 0 Å². The Morgan fingerprint density at radius 3 is 1.40 bits per heavy atom. The van der Waals surface area contributed by atoms with E-state index in [1.165, 1.54) is 56.7 Å². The molecule has 50 heavy (non-hydrogen) atoms. The molecule has 0 radical (unpaired) electrons. The fourth-order valence-corrected chi connectivity index (χ4v) is 5.25. The van der Waals surface area contributed by atoms with Crippen molar-refractivity contribution >= 4 is 17.9 Å². The number of halogens is 3. The summed E-state index contributed by atoms with van der Waals surface area (Å²) in [7, 11) is 0. The largest absolute Gasteiger partial charge is 0.491 e. The fraction of sp³-hybridized carbons (Fsp3) is 0.475. The van der Waals surface area contributed by atoms with Crippen LogP contribution in [0.4, 0.5) is 13.2 Å². The number of carbonyl (C=O) groups is 3. The minimum Gasteiger partial charge on any atom is -0.491 e. The molecule has 3 aromatic rings. The van der Waals surface area contributed by atoms with Crippen LogP contribution in [0.3, 0.4) is 0 Å². The minimum absolute atomic E-state index is 0.00364. The van der Waals surface area contributed by atoms with Crippen LogP contribution in [0.5, 0.6) is 17.2 Å². The number of ether oxygens (including phenoxy) is 4. The number of hydrogen-bond donors (Lipinski definition) is 0. The van der Waals surface area contributed by atoms with Gasteiger partial charge >= 0.3 is 17.9 Å². The molecule has 0 aliphatic carbocycles. The van der Waals surface area contributed by atoms with Gasteiger partial charge in [0.05, 0.1) is 29.4 Å². The van der Waals surface area contributed by atoms with Crippen molar-refractivity contribution in [1.82, 2.24) is 0 Å². The summed E-state index contributed by atoms with van der Waals surface area (Å²) in [5.74, 6) is -6.59. The predicted octanol–water partition coefficient (Wildman–Crippen LogP) is 11.0. The minimum atomic E-state index is -1.09. The molecule has 0 saturated heterocycles. The van der Waals surface area contributed by atoms with E-state index in [0.717, 1.165) is 81.3 Å². The van der Waals surface area contributed by atoms with Gasteiger partial charge in [-0.25, -0.2) is 27.6 Å². The Kier molecular flexibility index (Phi) is 17.4. The molecule has 0 saturated carbocycles. The van der Waals surface area contributed by atoms with Crippen LogP contribution in [0, 0.1) is 17.5 Å². The van der Waals surface area contributed by atoms with Crippen molar-refractivity contribution in [3.63, 3.8) is 0 Å². The third kappa shape index (κ3) is 13.5. The van der Waals surface area contributed by atoms with Crippen LogP contribution in [-0.4, -0.2) is 30.6 Å². The molecule has 0 bridgehead atoms. The summed E-state index contributed by atoms with van der Waals surface area (Å²) in [4.78, 5) is 37.7. The van der Waals surface area contributed by atoms with E-state index in [9.17, 15) is 27.6 Å². The van der Waals surface area contributed by atoms with Gasteiger partial charge in [0.25, 0.3) is 0 Å². The maximum Gasteiger partial charge on any atom is 0.343 e. The summed E-state index contributed by atoms with van der Waals surface area (Å²) in [6.07, 6.45) is 14.8. The summed E-state index contributed by atoms with van der Waals surface area (Å²) in [5, 5.41) is 0. The van der Waals surface area contributed by atoms with Crippen LogP contribution in [-0.2, 0) is 4.74 Å². The average molecular weight is 699 g/mol. The molecule has 272 valence electrons. The molecule has 10 heteroatoms. The second kappa shape index (κ2) is 21.7. The van der Waals surface area contributed by atoms with Crippen LogP contribution in [0.15, 0.2) is 54.6 Å². The van der Waals surface area contributed by atoms with Crippen molar-refractivity contribution in [2.45, 2.75) is 117 Å². The van der Waals surface area contributed by atoms with Gasteiger partial charge in [0, 0.05) is 0 Å². The number of unbranched alkanes of at least 4 members (excludes halogenated alkanes) is 11. The van der Waals surface area contributed by atoms with Crippen LogP contribution in [0.2, 0.25) is 0 Å². The predicted molar refractivity (Wildman–Crippen MR) is 185 cm³/mol. The Morgan fingerprint density at radius 2 is 0.940 bits per heavy atom. The zero-order valence-corrected chi connectivity index (χ0v) is 29.4. The van der Waals surface area contributed by atoms with Crippen molar-refractivity contribution in [3.8, 4) is 17.2 Å². The van der Waals surface area contributed by atoms with Gasteiger partial charge in [-0.2, -0.15) is 0 Å². The van der Waals surface area contributed by atoms with E-state index < -0.39 is 46.9 Å². The Morgan fingerprint density at radius 1 is 0.540 bits per heavy atom. The second-order valence-electron chi connectivity index (χ2n) is 12.5. The van der Waals surface area contributed by atoms with Crippen molar-refractivity contribution in [2.24, 2.45) is 0 Å². The number of hydrogen-bond acceptors (Lipinski definition) is 7. The summed E-state index contributed by atoms with van der Waals surface area (Å²) in [6, 6.07) is 9.78. The molecule has 1 unspecified atom stereocenters. The summed E-state index contributed by atoms with van der Waals surface area (Å²) >= 11 is 0. The smallest absolute Gasteiger partial charge is 0.343 e. The SMILES string of the molecule is CCCCCCCCCCCOc1ccc(C(=O)Oc2ccc(C(=O)Oc3ccc(C(=O)OC(C)CCCCCC)cc3F)cc2F)cc1F. The zero-order valence-electron chi connectivity index (χ0n) is 29.4. The van der Waals surface area contributed by atoms with Gasteiger partial charge in [-0.3, -0.25) is 0 Å². The first-order valence-electron chi connectivity index (χ1n) is 17.8. The van der Waals surface area contributed by atoms with Crippen molar-refractivity contribution < 1.29 is 46.5 Å². The Bertz CT molecular complexity index is 1540. The fourth-order valence-electron chi connectivity index (χ4n) is 5.25. The number of rotatable bonds is 22. The zero-order chi connectivity index (χ0) is 36.3. The molecular formula is C40H49F3O7. The summed E-state index contributed by atoms with van der Waals surface area (Å²) in [6.45, 7) is 6.42. The van der Waals surface area contributed by atoms with E-state index in [1.54, 1.807) is 6.92 Å². The van der Waals surface area contributed by atoms with E-state index in [0.29, 0.717) is 13.0 Å². The molecule has 0 fully saturated rings. The molecule has 7 nitrogen and oxygen atoms in total. The van der Waals surface area contributed by atoms with E-state index in [2.05, 4.69) is 13.8 Å². The van der Waals surface area contributed by atoms with Crippen LogP contribution >= 0.6 is 0 Å².